The third-order valence-electron chi connectivity index (χ3n) is 3.73. The van der Waals surface area contributed by atoms with E-state index in [0.29, 0.717) is 22.3 Å². The van der Waals surface area contributed by atoms with Crippen molar-refractivity contribution in [2.75, 3.05) is 0 Å². The summed E-state index contributed by atoms with van der Waals surface area (Å²) in [5.74, 6) is 1.57. The highest BCUT2D eigenvalue weighted by Gasteiger charge is 2.24. The van der Waals surface area contributed by atoms with Gasteiger partial charge in [0.15, 0.2) is 5.43 Å². The minimum Gasteiger partial charge on any atom is -0.490 e. The molecule has 1 atom stereocenters. The molecule has 1 unspecified atom stereocenters. The van der Waals surface area contributed by atoms with Crippen molar-refractivity contribution in [1.82, 2.24) is 0 Å². The normalized spacial score (nSPS) is 17.9. The summed E-state index contributed by atoms with van der Waals surface area (Å²) in [6.07, 6.45) is 1.03. The van der Waals surface area contributed by atoms with Gasteiger partial charge in [0, 0.05) is 17.5 Å². The molecule has 0 spiro atoms. The maximum absolute atomic E-state index is 12.3. The Hall–Kier alpha value is -1.77. The Morgan fingerprint density at radius 3 is 2.67 bits per heavy atom. The third kappa shape index (κ3) is 1.40. The average Bonchev–Trinajstić information content (AvgIpc) is 2.70. The zero-order valence-electron chi connectivity index (χ0n) is 11.1. The SMILES string of the molecule is Cc1oc2c(C)c3c(cc2c(=O)c1C)CC(C)O3. The van der Waals surface area contributed by atoms with Gasteiger partial charge in [0.25, 0.3) is 0 Å². The highest BCUT2D eigenvalue weighted by Crippen LogP contribution is 2.36. The van der Waals surface area contributed by atoms with E-state index < -0.39 is 0 Å². The van der Waals surface area contributed by atoms with Crippen molar-refractivity contribution < 1.29 is 9.15 Å². The molecule has 0 saturated carbocycles. The van der Waals surface area contributed by atoms with Crippen molar-refractivity contribution in [3.8, 4) is 5.75 Å². The smallest absolute Gasteiger partial charge is 0.195 e. The van der Waals surface area contributed by atoms with Crippen LogP contribution in [-0.4, -0.2) is 6.10 Å². The monoisotopic (exact) mass is 244 g/mol. The third-order valence-corrected chi connectivity index (χ3v) is 3.73. The standard InChI is InChI=1S/C15H16O3/c1-7-5-11-6-12-13(16)8(2)10(4)18-15(12)9(3)14(11)17-7/h6-7H,5H2,1-4H3. The fourth-order valence-corrected chi connectivity index (χ4v) is 2.61. The van der Waals surface area contributed by atoms with Gasteiger partial charge in [0.2, 0.25) is 0 Å². The van der Waals surface area contributed by atoms with Crippen LogP contribution in [0.5, 0.6) is 5.75 Å². The van der Waals surface area contributed by atoms with Crippen molar-refractivity contribution in [2.24, 2.45) is 0 Å². The lowest BCUT2D eigenvalue weighted by molar-refractivity contribution is 0.253. The van der Waals surface area contributed by atoms with Crippen LogP contribution in [0.15, 0.2) is 15.3 Å². The first-order valence-electron chi connectivity index (χ1n) is 6.22. The number of rotatable bonds is 0. The summed E-state index contributed by atoms with van der Waals surface area (Å²) in [5.41, 5.74) is 3.47. The first-order chi connectivity index (χ1) is 8.49. The predicted molar refractivity (Wildman–Crippen MR) is 70.5 cm³/mol. The second kappa shape index (κ2) is 3.61. The van der Waals surface area contributed by atoms with Gasteiger partial charge >= 0.3 is 0 Å². The molecule has 3 nitrogen and oxygen atoms in total. The van der Waals surface area contributed by atoms with Gasteiger partial charge in [-0.15, -0.1) is 0 Å². The molecule has 0 aliphatic carbocycles. The van der Waals surface area contributed by atoms with Gasteiger partial charge in [-0.05, 0) is 39.3 Å². The first kappa shape index (κ1) is 11.3. The minimum atomic E-state index is 0.0687. The summed E-state index contributed by atoms with van der Waals surface area (Å²) >= 11 is 0. The van der Waals surface area contributed by atoms with Crippen molar-refractivity contribution >= 4 is 11.0 Å². The molecule has 0 bridgehead atoms. The lowest BCUT2D eigenvalue weighted by Gasteiger charge is -2.09. The molecule has 0 saturated heterocycles. The Bertz CT molecular complexity index is 710. The molecule has 1 aliphatic rings. The quantitative estimate of drug-likeness (QED) is 0.715. The van der Waals surface area contributed by atoms with E-state index in [1.807, 2.05) is 33.8 Å². The van der Waals surface area contributed by atoms with Gasteiger partial charge in [0.05, 0.1) is 5.39 Å². The zero-order valence-corrected chi connectivity index (χ0v) is 11.1. The fourth-order valence-electron chi connectivity index (χ4n) is 2.61. The van der Waals surface area contributed by atoms with E-state index in [2.05, 4.69) is 0 Å². The topological polar surface area (TPSA) is 39.4 Å². The summed E-state index contributed by atoms with van der Waals surface area (Å²) in [7, 11) is 0. The van der Waals surface area contributed by atoms with Crippen LogP contribution >= 0.6 is 0 Å². The Kier molecular flexibility index (Phi) is 2.27. The molecule has 0 radical (unpaired) electrons. The summed E-state index contributed by atoms with van der Waals surface area (Å²) in [6, 6.07) is 1.93. The average molecular weight is 244 g/mol. The number of hydrogen-bond donors (Lipinski definition) is 0. The molecule has 2 heterocycles. The van der Waals surface area contributed by atoms with Crippen molar-refractivity contribution in [3.05, 3.63) is 38.7 Å². The molecule has 3 heteroatoms. The van der Waals surface area contributed by atoms with Crippen molar-refractivity contribution in [2.45, 2.75) is 40.2 Å². The molecule has 0 N–H and O–H groups in total. The van der Waals surface area contributed by atoms with E-state index >= 15 is 0 Å². The number of ether oxygens (including phenoxy) is 1. The Labute approximate surface area is 105 Å². The van der Waals surface area contributed by atoms with Gasteiger partial charge in [-0.3, -0.25) is 4.79 Å². The van der Waals surface area contributed by atoms with Crippen molar-refractivity contribution in [3.63, 3.8) is 0 Å². The predicted octanol–water partition coefficient (Wildman–Crippen LogP) is 3.04. The largest absolute Gasteiger partial charge is 0.490 e. The Morgan fingerprint density at radius 1 is 1.22 bits per heavy atom. The van der Waals surface area contributed by atoms with Crippen LogP contribution in [0.25, 0.3) is 11.0 Å². The van der Waals surface area contributed by atoms with E-state index in [1.54, 1.807) is 0 Å². The van der Waals surface area contributed by atoms with Crippen LogP contribution in [0.4, 0.5) is 0 Å². The second-order valence-corrected chi connectivity index (χ2v) is 5.11. The van der Waals surface area contributed by atoms with Crippen LogP contribution in [0, 0.1) is 20.8 Å². The number of aryl methyl sites for hydroxylation is 2. The van der Waals surface area contributed by atoms with E-state index in [4.69, 9.17) is 9.15 Å². The highest BCUT2D eigenvalue weighted by atomic mass is 16.5. The Morgan fingerprint density at radius 2 is 1.94 bits per heavy atom. The van der Waals surface area contributed by atoms with Gasteiger partial charge in [-0.25, -0.2) is 0 Å². The molecule has 2 aromatic rings. The molecule has 1 aliphatic heterocycles. The van der Waals surface area contributed by atoms with Gasteiger partial charge < -0.3 is 9.15 Å². The van der Waals surface area contributed by atoms with E-state index in [0.717, 1.165) is 23.3 Å². The highest BCUT2D eigenvalue weighted by molar-refractivity contribution is 5.84. The van der Waals surface area contributed by atoms with Crippen LogP contribution in [0.2, 0.25) is 0 Å². The maximum Gasteiger partial charge on any atom is 0.195 e. The molecule has 18 heavy (non-hydrogen) atoms. The summed E-state index contributed by atoms with van der Waals surface area (Å²) < 4.78 is 11.6. The molecule has 0 amide bonds. The van der Waals surface area contributed by atoms with E-state index in [1.165, 1.54) is 0 Å². The summed E-state index contributed by atoms with van der Waals surface area (Å²) in [4.78, 5) is 12.3. The van der Waals surface area contributed by atoms with Crippen LogP contribution in [-0.2, 0) is 6.42 Å². The van der Waals surface area contributed by atoms with E-state index in [9.17, 15) is 4.79 Å². The number of fused-ring (bicyclic) bond motifs is 2. The first-order valence-corrected chi connectivity index (χ1v) is 6.22. The molecule has 0 fully saturated rings. The maximum atomic E-state index is 12.3. The van der Waals surface area contributed by atoms with E-state index in [-0.39, 0.29) is 11.5 Å². The molecule has 1 aromatic heterocycles. The molecule has 1 aromatic carbocycles. The Balaban J connectivity index is 2.45. The molecule has 94 valence electrons. The summed E-state index contributed by atoms with van der Waals surface area (Å²) in [5, 5.41) is 0.673. The van der Waals surface area contributed by atoms with Crippen molar-refractivity contribution in [1.29, 1.82) is 0 Å². The molecular formula is C15H16O3. The van der Waals surface area contributed by atoms with Gasteiger partial charge in [-0.1, -0.05) is 0 Å². The lowest BCUT2D eigenvalue weighted by Crippen LogP contribution is -2.08. The molecule has 3 rings (SSSR count). The fraction of sp³-hybridized carbons (Fsp3) is 0.400. The number of benzene rings is 1. The van der Waals surface area contributed by atoms with Crippen LogP contribution < -0.4 is 10.2 Å². The van der Waals surface area contributed by atoms with Crippen LogP contribution in [0.3, 0.4) is 0 Å². The lowest BCUT2D eigenvalue weighted by atomic mass is 10.0. The summed E-state index contributed by atoms with van der Waals surface area (Å²) in [6.45, 7) is 7.63. The zero-order chi connectivity index (χ0) is 13.0. The second-order valence-electron chi connectivity index (χ2n) is 5.11. The number of hydrogen-bond acceptors (Lipinski definition) is 3. The molecular weight excluding hydrogens is 228 g/mol. The van der Waals surface area contributed by atoms with Gasteiger partial charge in [0.1, 0.15) is 23.2 Å². The minimum absolute atomic E-state index is 0.0687. The van der Waals surface area contributed by atoms with Crippen LogP contribution in [0.1, 0.15) is 29.4 Å². The van der Waals surface area contributed by atoms with Gasteiger partial charge in [-0.2, -0.15) is 0 Å².